The summed E-state index contributed by atoms with van der Waals surface area (Å²) < 4.78 is 4.95. The molecule has 10 aromatic rings. The van der Waals surface area contributed by atoms with E-state index in [-0.39, 0.29) is 12.4 Å². The van der Waals surface area contributed by atoms with Gasteiger partial charge in [0.2, 0.25) is 0 Å². The molecule has 12 nitrogen and oxygen atoms in total. The molecule has 4 aromatic carbocycles. The molecule has 0 spiro atoms. The lowest BCUT2D eigenvalue weighted by Crippen LogP contribution is -2.27. The molecule has 8 heterocycles. The molecule has 2 aliphatic heterocycles. The zero-order valence-electron chi connectivity index (χ0n) is 33.4. The first kappa shape index (κ1) is 37.7. The Bertz CT molecular complexity index is 3170. The summed E-state index contributed by atoms with van der Waals surface area (Å²) in [5.74, 6) is 0.801. The number of nitrogens with two attached hydrogens (primary N) is 1. The molecule has 302 valence electrons. The lowest BCUT2D eigenvalue weighted by atomic mass is 10.1. The Kier molecular flexibility index (Phi) is 10.0. The first-order valence-corrected chi connectivity index (χ1v) is 20.9. The van der Waals surface area contributed by atoms with Gasteiger partial charge in [-0.05, 0) is 56.5 Å². The normalized spacial score (nSPS) is 13.9. The molecule has 0 bridgehead atoms. The number of H-pyrrole nitrogens is 1. The van der Waals surface area contributed by atoms with Crippen LogP contribution in [-0.4, -0.2) is 78.3 Å². The maximum atomic E-state index is 5.81. The number of nitrogens with one attached hydrogen (secondary N) is 2. The van der Waals surface area contributed by atoms with E-state index >= 15 is 0 Å². The average Bonchev–Trinajstić information content (AvgIpc) is 3.88. The summed E-state index contributed by atoms with van der Waals surface area (Å²) in [4.78, 5) is 31.2. The van der Waals surface area contributed by atoms with Gasteiger partial charge in [0.15, 0.2) is 11.5 Å². The summed E-state index contributed by atoms with van der Waals surface area (Å²) in [7, 11) is 0. The Morgan fingerprint density at radius 1 is 0.600 bits per heavy atom. The highest BCUT2D eigenvalue weighted by atomic mass is 35.5. The third-order valence-electron chi connectivity index (χ3n) is 12.1. The van der Waals surface area contributed by atoms with Crippen LogP contribution in [0, 0.1) is 0 Å². The minimum Gasteiger partial charge on any atom is -0.369 e. The fourth-order valence-electron chi connectivity index (χ4n) is 9.59. The van der Waals surface area contributed by atoms with Crippen LogP contribution in [0.1, 0.15) is 25.7 Å². The number of rotatable bonds is 8. The van der Waals surface area contributed by atoms with Gasteiger partial charge in [-0.15, -0.1) is 12.4 Å². The second kappa shape index (κ2) is 15.9. The van der Waals surface area contributed by atoms with Crippen molar-refractivity contribution in [3.05, 3.63) is 110 Å². The second-order valence-corrected chi connectivity index (χ2v) is 15.6. The predicted molar refractivity (Wildman–Crippen MR) is 249 cm³/mol. The number of fused-ring (bicyclic) bond motifs is 11. The van der Waals surface area contributed by atoms with Crippen LogP contribution in [0.2, 0.25) is 0 Å². The molecule has 0 fully saturated rings. The summed E-state index contributed by atoms with van der Waals surface area (Å²) in [5.41, 5.74) is 19.5. The van der Waals surface area contributed by atoms with Gasteiger partial charge in [-0.3, -0.25) is 0 Å². The molecule has 0 unspecified atom stereocenters. The van der Waals surface area contributed by atoms with E-state index in [1.54, 1.807) is 12.7 Å². The van der Waals surface area contributed by atoms with Gasteiger partial charge in [0.1, 0.15) is 11.8 Å². The van der Waals surface area contributed by atoms with Gasteiger partial charge < -0.3 is 35.0 Å². The van der Waals surface area contributed by atoms with Gasteiger partial charge in [-0.1, -0.05) is 72.8 Å². The summed E-state index contributed by atoms with van der Waals surface area (Å²) in [5, 5.41) is 8.43. The number of aromatic nitrogens is 8. The Morgan fingerprint density at radius 3 is 1.72 bits per heavy atom. The van der Waals surface area contributed by atoms with Crippen LogP contribution < -0.4 is 20.9 Å². The molecule has 12 rings (SSSR count). The largest absolute Gasteiger partial charge is 0.369 e. The Labute approximate surface area is 352 Å². The molecule has 60 heavy (non-hydrogen) atoms. The zero-order valence-corrected chi connectivity index (χ0v) is 34.2. The van der Waals surface area contributed by atoms with Crippen molar-refractivity contribution in [2.75, 3.05) is 54.4 Å². The smallest absolute Gasteiger partial charge is 0.182 e. The van der Waals surface area contributed by atoms with E-state index in [9.17, 15) is 0 Å². The van der Waals surface area contributed by atoms with Crippen molar-refractivity contribution in [3.8, 4) is 0 Å². The number of aromatic amines is 1. The van der Waals surface area contributed by atoms with Crippen LogP contribution in [0.5, 0.6) is 0 Å². The Morgan fingerprint density at radius 2 is 1.13 bits per heavy atom. The maximum absolute atomic E-state index is 5.81. The number of aryl methyl sites for hydroxylation is 2. The van der Waals surface area contributed by atoms with Crippen molar-refractivity contribution in [1.82, 2.24) is 39.0 Å². The number of hydrogen-bond acceptors (Lipinski definition) is 9. The predicted octanol–water partition coefficient (Wildman–Crippen LogP) is 9.04. The quantitative estimate of drug-likeness (QED) is 0.129. The van der Waals surface area contributed by atoms with Crippen molar-refractivity contribution in [1.29, 1.82) is 0 Å². The molecule has 0 saturated carbocycles. The van der Waals surface area contributed by atoms with E-state index in [1.165, 1.54) is 55.0 Å². The number of imidazole rings is 1. The number of halogens is 1. The molecule has 2 aliphatic rings. The van der Waals surface area contributed by atoms with E-state index < -0.39 is 0 Å². The van der Waals surface area contributed by atoms with Crippen molar-refractivity contribution in [2.45, 2.75) is 38.8 Å². The molecule has 0 saturated heterocycles. The van der Waals surface area contributed by atoms with Crippen LogP contribution in [0.4, 0.5) is 17.2 Å². The molecule has 13 heteroatoms. The summed E-state index contributed by atoms with van der Waals surface area (Å²) >= 11 is 0. The van der Waals surface area contributed by atoms with Crippen LogP contribution in [-0.2, 0) is 13.1 Å². The van der Waals surface area contributed by atoms with Crippen molar-refractivity contribution in [3.63, 3.8) is 0 Å². The fraction of sp³-hybridized carbons (Fsp3) is 0.255. The highest BCUT2D eigenvalue weighted by Gasteiger charge is 2.26. The van der Waals surface area contributed by atoms with Gasteiger partial charge in [0.25, 0.3) is 0 Å². The third kappa shape index (κ3) is 6.29. The van der Waals surface area contributed by atoms with Gasteiger partial charge in [-0.2, -0.15) is 0 Å². The number of para-hydroxylation sites is 4. The maximum Gasteiger partial charge on any atom is 0.182 e. The zero-order chi connectivity index (χ0) is 39.3. The van der Waals surface area contributed by atoms with Gasteiger partial charge in [0, 0.05) is 67.4 Å². The van der Waals surface area contributed by atoms with E-state index in [2.05, 4.69) is 141 Å². The fourth-order valence-corrected chi connectivity index (χ4v) is 9.59. The van der Waals surface area contributed by atoms with Crippen LogP contribution >= 0.6 is 12.4 Å². The minimum atomic E-state index is 0. The molecule has 6 aromatic heterocycles. The first-order valence-electron chi connectivity index (χ1n) is 20.9. The number of hydrogen-bond donors (Lipinski definition) is 3. The Hall–Kier alpha value is -6.50. The second-order valence-electron chi connectivity index (χ2n) is 15.6. The number of anilines is 3. The van der Waals surface area contributed by atoms with Crippen LogP contribution in [0.25, 0.3) is 76.8 Å². The number of pyridine rings is 2. The monoisotopic (exact) mass is 814 g/mol. The first-order chi connectivity index (χ1) is 29.3. The lowest BCUT2D eigenvalue weighted by molar-refractivity contribution is 0.657. The van der Waals surface area contributed by atoms with E-state index in [0.29, 0.717) is 5.65 Å². The van der Waals surface area contributed by atoms with Crippen molar-refractivity contribution in [2.24, 2.45) is 5.73 Å². The van der Waals surface area contributed by atoms with Gasteiger partial charge in [0.05, 0.1) is 61.8 Å². The van der Waals surface area contributed by atoms with E-state index in [1.807, 2.05) is 0 Å². The van der Waals surface area contributed by atoms with Gasteiger partial charge in [-0.25, -0.2) is 24.9 Å². The van der Waals surface area contributed by atoms with Crippen molar-refractivity contribution >= 4 is 106 Å². The Balaban J connectivity index is 0.000000148. The molecular weight excluding hydrogens is 768 g/mol. The standard InChI is InChI=1S/C26H24N8.C21H22N4.ClH/c1-3-9-19-17(7-1)23-24-21(32-19)18-8-2-4-10-20(18)34(24)14-6-13-33(23)12-5-11-27-25-22-26(29-15-28-22)31-16-30-25;22-11-5-12-24-13-6-14-25-18-10-4-2-8-16(18)19-21(25)20(24)15-7-1-3-9-17(15)23-19;/h1-4,7-10,15-16H,5-6,11-14H2,(H2,27,28,29,30,31);1-4,7-10H,5-6,11-14,22H2;1H. The number of nitrogens with zero attached hydrogens (tertiary/aromatic N) is 9. The molecule has 0 aliphatic carbocycles. The SMILES string of the molecule is Cl.NCCCN1CCCn2c3ccccc3c3nc4ccccc4c1c32.c1ccc2c3c4c(nc2c1)c1ccccc1n4CCCN3CCCNc1ncnc2nc[nH]c12. The summed E-state index contributed by atoms with van der Waals surface area (Å²) in [6.45, 7) is 7.63. The summed E-state index contributed by atoms with van der Waals surface area (Å²) in [6, 6.07) is 34.4. The molecule has 0 radical (unpaired) electrons. The molecule has 4 N–H and O–H groups in total. The highest BCUT2D eigenvalue weighted by molar-refractivity contribution is 6.18. The van der Waals surface area contributed by atoms with Crippen LogP contribution in [0.3, 0.4) is 0 Å². The van der Waals surface area contributed by atoms with E-state index in [0.717, 1.165) is 111 Å². The van der Waals surface area contributed by atoms with Crippen LogP contribution in [0.15, 0.2) is 110 Å². The summed E-state index contributed by atoms with van der Waals surface area (Å²) in [6.07, 6.45) is 7.45. The molecular formula is C47H47ClN12. The average molecular weight is 815 g/mol. The highest BCUT2D eigenvalue weighted by Crippen LogP contribution is 2.42. The molecule has 0 amide bonds. The third-order valence-corrected chi connectivity index (χ3v) is 12.1. The topological polar surface area (TPSA) is 135 Å². The van der Waals surface area contributed by atoms with Crippen molar-refractivity contribution < 1.29 is 0 Å². The van der Waals surface area contributed by atoms with Gasteiger partial charge >= 0.3 is 0 Å². The lowest BCUT2D eigenvalue weighted by Gasteiger charge is -2.25. The van der Waals surface area contributed by atoms with E-state index in [4.69, 9.17) is 15.7 Å². The number of benzene rings is 4. The molecule has 0 atom stereocenters. The minimum absolute atomic E-state index is 0.